The van der Waals surface area contributed by atoms with E-state index < -0.39 is 10.0 Å². The van der Waals surface area contributed by atoms with Gasteiger partial charge >= 0.3 is 0 Å². The third-order valence-corrected chi connectivity index (χ3v) is 4.47. The summed E-state index contributed by atoms with van der Waals surface area (Å²) in [6.45, 7) is 6.00. The van der Waals surface area contributed by atoms with Crippen LogP contribution < -0.4 is 10.5 Å². The van der Waals surface area contributed by atoms with Crippen molar-refractivity contribution in [2.45, 2.75) is 18.4 Å². The Bertz CT molecular complexity index is 567. The van der Waals surface area contributed by atoms with E-state index in [4.69, 9.17) is 10.5 Å². The van der Waals surface area contributed by atoms with E-state index in [0.717, 1.165) is 5.57 Å². The van der Waals surface area contributed by atoms with Gasteiger partial charge in [-0.15, -0.1) is 0 Å². The highest BCUT2D eigenvalue weighted by molar-refractivity contribution is 7.89. The second kappa shape index (κ2) is 6.18. The molecule has 0 spiro atoms. The van der Waals surface area contributed by atoms with Crippen LogP contribution in [0.2, 0.25) is 0 Å². The molecule has 2 N–H and O–H groups in total. The lowest BCUT2D eigenvalue weighted by molar-refractivity contribution is 0.409. The maximum atomic E-state index is 12.3. The minimum atomic E-state index is -3.53. The van der Waals surface area contributed by atoms with Gasteiger partial charge < -0.3 is 10.5 Å². The van der Waals surface area contributed by atoms with E-state index in [2.05, 4.69) is 6.58 Å². The molecule has 0 saturated heterocycles. The first-order valence-electron chi connectivity index (χ1n) is 5.80. The molecular formula is C13H20N2O3S. The molecule has 1 rings (SSSR count). The topological polar surface area (TPSA) is 72.6 Å². The van der Waals surface area contributed by atoms with Crippen LogP contribution in [0.4, 0.5) is 0 Å². The number of sulfonamides is 1. The smallest absolute Gasteiger partial charge is 0.243 e. The third kappa shape index (κ3) is 3.56. The van der Waals surface area contributed by atoms with Crippen LogP contribution in [0.3, 0.4) is 0 Å². The summed E-state index contributed by atoms with van der Waals surface area (Å²) < 4.78 is 31.1. The first kappa shape index (κ1) is 15.7. The summed E-state index contributed by atoms with van der Waals surface area (Å²) in [4.78, 5) is 0.206. The van der Waals surface area contributed by atoms with E-state index in [-0.39, 0.29) is 18.0 Å². The molecule has 0 aliphatic carbocycles. The fraction of sp³-hybridized carbons (Fsp3) is 0.385. The highest BCUT2D eigenvalue weighted by atomic mass is 32.2. The summed E-state index contributed by atoms with van der Waals surface area (Å²) in [6, 6.07) is 4.68. The molecule has 1 aromatic carbocycles. The lowest BCUT2D eigenvalue weighted by atomic mass is 10.2. The Balaban J connectivity index is 3.18. The molecule has 0 atom stereocenters. The average Bonchev–Trinajstić information content (AvgIpc) is 2.36. The molecule has 0 unspecified atom stereocenters. The van der Waals surface area contributed by atoms with E-state index in [1.54, 1.807) is 19.1 Å². The van der Waals surface area contributed by atoms with Gasteiger partial charge in [-0.3, -0.25) is 0 Å². The number of ether oxygens (including phenoxy) is 1. The van der Waals surface area contributed by atoms with Crippen LogP contribution in [0.5, 0.6) is 5.75 Å². The van der Waals surface area contributed by atoms with Gasteiger partial charge in [-0.2, -0.15) is 4.31 Å². The molecule has 0 fully saturated rings. The van der Waals surface area contributed by atoms with Crippen molar-refractivity contribution in [3.63, 3.8) is 0 Å². The maximum Gasteiger partial charge on any atom is 0.243 e. The minimum Gasteiger partial charge on any atom is -0.496 e. The third-order valence-electron chi connectivity index (χ3n) is 2.67. The van der Waals surface area contributed by atoms with Crippen LogP contribution >= 0.6 is 0 Å². The van der Waals surface area contributed by atoms with Crippen LogP contribution in [0.25, 0.3) is 0 Å². The summed E-state index contributed by atoms with van der Waals surface area (Å²) in [6.07, 6.45) is 0. The van der Waals surface area contributed by atoms with Crippen molar-refractivity contribution in [2.24, 2.45) is 5.73 Å². The summed E-state index contributed by atoms with van der Waals surface area (Å²) in [5, 5.41) is 0. The Morgan fingerprint density at radius 3 is 2.58 bits per heavy atom. The minimum absolute atomic E-state index is 0.206. The molecule has 5 nitrogen and oxygen atoms in total. The highest BCUT2D eigenvalue weighted by Crippen LogP contribution is 2.23. The Kier molecular flexibility index (Phi) is 5.11. The standard InChI is InChI=1S/C13H20N2O3S/c1-10(2)9-15(3)19(16,17)12-5-6-13(18-4)11(7-12)8-14/h5-7H,1,8-9,14H2,2-4H3. The summed E-state index contributed by atoms with van der Waals surface area (Å²) in [7, 11) is -0.482. The van der Waals surface area contributed by atoms with Gasteiger partial charge in [0.05, 0.1) is 12.0 Å². The average molecular weight is 284 g/mol. The van der Waals surface area contributed by atoms with Crippen molar-refractivity contribution in [1.29, 1.82) is 0 Å². The lowest BCUT2D eigenvalue weighted by Gasteiger charge is -2.18. The van der Waals surface area contributed by atoms with Crippen molar-refractivity contribution >= 4 is 10.0 Å². The number of rotatable bonds is 6. The fourth-order valence-corrected chi connectivity index (χ4v) is 3.00. The largest absolute Gasteiger partial charge is 0.496 e. The number of benzene rings is 1. The van der Waals surface area contributed by atoms with Gasteiger partial charge in [0.1, 0.15) is 5.75 Å². The van der Waals surface area contributed by atoms with Gasteiger partial charge in [-0.05, 0) is 25.1 Å². The van der Waals surface area contributed by atoms with Crippen LogP contribution in [0.1, 0.15) is 12.5 Å². The first-order chi connectivity index (χ1) is 8.82. The molecule has 0 amide bonds. The van der Waals surface area contributed by atoms with Crippen LogP contribution in [-0.4, -0.2) is 33.4 Å². The zero-order chi connectivity index (χ0) is 14.6. The molecule has 6 heteroatoms. The zero-order valence-corrected chi connectivity index (χ0v) is 12.3. The van der Waals surface area contributed by atoms with E-state index in [9.17, 15) is 8.42 Å². The molecule has 0 aliphatic rings. The number of likely N-dealkylation sites (N-methyl/N-ethyl adjacent to an activating group) is 1. The predicted octanol–water partition coefficient (Wildman–Crippen LogP) is 1.35. The number of hydrogen-bond acceptors (Lipinski definition) is 4. The number of methoxy groups -OCH3 is 1. The second-order valence-corrected chi connectivity index (χ2v) is 6.44. The van der Waals surface area contributed by atoms with Gasteiger partial charge in [-0.1, -0.05) is 12.2 Å². The summed E-state index contributed by atoms with van der Waals surface area (Å²) in [5.74, 6) is 0.587. The van der Waals surface area contributed by atoms with E-state index in [1.807, 2.05) is 0 Å². The number of nitrogens with zero attached hydrogens (tertiary/aromatic N) is 1. The number of hydrogen-bond donors (Lipinski definition) is 1. The molecule has 0 aromatic heterocycles. The van der Waals surface area contributed by atoms with Crippen LogP contribution in [-0.2, 0) is 16.6 Å². The monoisotopic (exact) mass is 284 g/mol. The lowest BCUT2D eigenvalue weighted by Crippen LogP contribution is -2.28. The van der Waals surface area contributed by atoms with Crippen LogP contribution in [0, 0.1) is 0 Å². The molecule has 106 valence electrons. The first-order valence-corrected chi connectivity index (χ1v) is 7.24. The zero-order valence-electron chi connectivity index (χ0n) is 11.5. The molecule has 0 radical (unpaired) electrons. The quantitative estimate of drug-likeness (QED) is 0.800. The predicted molar refractivity (Wildman–Crippen MR) is 75.5 cm³/mol. The van der Waals surface area contributed by atoms with E-state index in [1.165, 1.54) is 24.5 Å². The van der Waals surface area contributed by atoms with E-state index >= 15 is 0 Å². The van der Waals surface area contributed by atoms with Crippen molar-refractivity contribution in [1.82, 2.24) is 4.31 Å². The van der Waals surface area contributed by atoms with Gasteiger partial charge in [0, 0.05) is 25.7 Å². The fourth-order valence-electron chi connectivity index (χ4n) is 1.72. The second-order valence-electron chi connectivity index (χ2n) is 4.40. The van der Waals surface area contributed by atoms with Crippen molar-refractivity contribution in [2.75, 3.05) is 20.7 Å². The van der Waals surface area contributed by atoms with Crippen molar-refractivity contribution in [3.8, 4) is 5.75 Å². The summed E-state index contributed by atoms with van der Waals surface area (Å²) >= 11 is 0. The normalized spacial score (nSPS) is 11.6. The number of nitrogens with two attached hydrogens (primary N) is 1. The van der Waals surface area contributed by atoms with Crippen molar-refractivity contribution < 1.29 is 13.2 Å². The van der Waals surface area contributed by atoms with Gasteiger partial charge in [-0.25, -0.2) is 8.42 Å². The molecule has 0 heterocycles. The van der Waals surface area contributed by atoms with Gasteiger partial charge in [0.15, 0.2) is 0 Å². The molecule has 0 saturated carbocycles. The highest BCUT2D eigenvalue weighted by Gasteiger charge is 2.21. The van der Waals surface area contributed by atoms with E-state index in [0.29, 0.717) is 11.3 Å². The van der Waals surface area contributed by atoms with Crippen molar-refractivity contribution in [3.05, 3.63) is 35.9 Å². The molecule has 1 aromatic rings. The molecule has 0 bridgehead atoms. The SMILES string of the molecule is C=C(C)CN(C)S(=O)(=O)c1ccc(OC)c(CN)c1. The molecule has 0 aliphatic heterocycles. The van der Waals surface area contributed by atoms with Gasteiger partial charge in [0.25, 0.3) is 0 Å². The maximum absolute atomic E-state index is 12.3. The Morgan fingerprint density at radius 2 is 2.11 bits per heavy atom. The Labute approximate surface area is 114 Å². The summed E-state index contributed by atoms with van der Waals surface area (Å²) in [5.41, 5.74) is 7.03. The van der Waals surface area contributed by atoms with Gasteiger partial charge in [0.2, 0.25) is 10.0 Å². The molecule has 19 heavy (non-hydrogen) atoms. The molecular weight excluding hydrogens is 264 g/mol. The Hall–Kier alpha value is -1.37. The Morgan fingerprint density at radius 1 is 1.47 bits per heavy atom. The van der Waals surface area contributed by atoms with Crippen LogP contribution in [0.15, 0.2) is 35.2 Å².